The van der Waals surface area contributed by atoms with Gasteiger partial charge in [-0.3, -0.25) is 0 Å². The quantitative estimate of drug-likeness (QED) is 0.866. The second-order valence-electron chi connectivity index (χ2n) is 4.92. The summed E-state index contributed by atoms with van der Waals surface area (Å²) < 4.78 is 5.73. The number of nitrogens with zero attached hydrogens (tertiary/aromatic N) is 2. The van der Waals surface area contributed by atoms with Gasteiger partial charge in [0.25, 0.3) is 0 Å². The molecule has 1 aliphatic carbocycles. The lowest BCUT2D eigenvalue weighted by Crippen LogP contribution is -2.30. The number of rotatable bonds is 4. The zero-order chi connectivity index (χ0) is 12.1. The Morgan fingerprint density at radius 1 is 1.35 bits per heavy atom. The third-order valence-electron chi connectivity index (χ3n) is 3.58. The Hall–Kier alpha value is -1.16. The Balaban J connectivity index is 1.88. The monoisotopic (exact) mass is 235 g/mol. The molecule has 17 heavy (non-hydrogen) atoms. The summed E-state index contributed by atoms with van der Waals surface area (Å²) in [7, 11) is 0. The summed E-state index contributed by atoms with van der Waals surface area (Å²) in [6.07, 6.45) is 6.80. The minimum Gasteiger partial charge on any atom is -0.476 e. The van der Waals surface area contributed by atoms with E-state index < -0.39 is 0 Å². The summed E-state index contributed by atoms with van der Waals surface area (Å²) in [5, 5.41) is 7.86. The Kier molecular flexibility index (Phi) is 4.31. The first-order valence-electron chi connectivity index (χ1n) is 6.42. The fraction of sp³-hybridized carbons (Fsp3) is 0.692. The van der Waals surface area contributed by atoms with Crippen LogP contribution in [0.3, 0.4) is 0 Å². The molecule has 1 saturated carbocycles. The van der Waals surface area contributed by atoms with E-state index in [1.54, 1.807) is 6.20 Å². The van der Waals surface area contributed by atoms with E-state index in [9.17, 15) is 0 Å². The van der Waals surface area contributed by atoms with Crippen LogP contribution >= 0.6 is 0 Å². The number of nitrogens with two attached hydrogens (primary N) is 1. The average molecular weight is 235 g/mol. The van der Waals surface area contributed by atoms with Gasteiger partial charge in [0.1, 0.15) is 0 Å². The van der Waals surface area contributed by atoms with Gasteiger partial charge in [0.05, 0.1) is 12.8 Å². The molecule has 2 N–H and O–H groups in total. The molecule has 1 aromatic rings. The van der Waals surface area contributed by atoms with Crippen molar-refractivity contribution < 1.29 is 4.74 Å². The number of hydrogen-bond donors (Lipinski definition) is 1. The van der Waals surface area contributed by atoms with E-state index in [-0.39, 0.29) is 0 Å². The first-order chi connectivity index (χ1) is 8.29. The van der Waals surface area contributed by atoms with Crippen LogP contribution in [0.5, 0.6) is 5.88 Å². The third-order valence-corrected chi connectivity index (χ3v) is 3.58. The van der Waals surface area contributed by atoms with Crippen molar-refractivity contribution in [1.29, 1.82) is 0 Å². The second-order valence-corrected chi connectivity index (χ2v) is 4.92. The lowest BCUT2D eigenvalue weighted by molar-refractivity contribution is 0.148. The summed E-state index contributed by atoms with van der Waals surface area (Å²) in [4.78, 5) is 0. The maximum absolute atomic E-state index is 5.80. The average Bonchev–Trinajstić information content (AvgIpc) is 2.37. The first-order valence-corrected chi connectivity index (χ1v) is 6.42. The van der Waals surface area contributed by atoms with Gasteiger partial charge in [0.2, 0.25) is 5.88 Å². The Morgan fingerprint density at radius 2 is 2.12 bits per heavy atom. The van der Waals surface area contributed by atoms with Crippen molar-refractivity contribution in [3.8, 4) is 5.88 Å². The van der Waals surface area contributed by atoms with E-state index in [1.807, 2.05) is 13.0 Å². The highest BCUT2D eigenvalue weighted by Crippen LogP contribution is 2.29. The lowest BCUT2D eigenvalue weighted by atomic mass is 9.80. The van der Waals surface area contributed by atoms with Crippen LogP contribution in [0, 0.1) is 18.8 Å². The van der Waals surface area contributed by atoms with Gasteiger partial charge < -0.3 is 10.5 Å². The molecule has 2 rings (SSSR count). The van der Waals surface area contributed by atoms with Gasteiger partial charge in [0.15, 0.2) is 0 Å². The van der Waals surface area contributed by atoms with Gasteiger partial charge in [-0.1, -0.05) is 12.8 Å². The van der Waals surface area contributed by atoms with Crippen molar-refractivity contribution in [1.82, 2.24) is 10.2 Å². The van der Waals surface area contributed by atoms with Gasteiger partial charge in [-0.15, -0.1) is 5.10 Å². The van der Waals surface area contributed by atoms with Gasteiger partial charge in [-0.2, -0.15) is 5.10 Å². The molecule has 0 spiro atoms. The molecule has 1 fully saturated rings. The van der Waals surface area contributed by atoms with E-state index in [0.29, 0.717) is 17.7 Å². The largest absolute Gasteiger partial charge is 0.476 e. The summed E-state index contributed by atoms with van der Waals surface area (Å²) >= 11 is 0. The van der Waals surface area contributed by atoms with E-state index in [0.717, 1.165) is 18.7 Å². The van der Waals surface area contributed by atoms with Crippen LogP contribution in [0.2, 0.25) is 0 Å². The van der Waals surface area contributed by atoms with Gasteiger partial charge >= 0.3 is 0 Å². The Labute approximate surface area is 103 Å². The molecule has 1 aromatic heterocycles. The summed E-state index contributed by atoms with van der Waals surface area (Å²) in [6, 6.07) is 1.92. The topological polar surface area (TPSA) is 61.0 Å². The van der Waals surface area contributed by atoms with Crippen LogP contribution < -0.4 is 10.5 Å². The Morgan fingerprint density at radius 3 is 2.82 bits per heavy atom. The van der Waals surface area contributed by atoms with Crippen LogP contribution in [-0.2, 0) is 0 Å². The van der Waals surface area contributed by atoms with Crippen molar-refractivity contribution in [3.05, 3.63) is 17.8 Å². The van der Waals surface area contributed by atoms with E-state index >= 15 is 0 Å². The van der Waals surface area contributed by atoms with Crippen LogP contribution in [0.25, 0.3) is 0 Å². The van der Waals surface area contributed by atoms with E-state index in [2.05, 4.69) is 10.2 Å². The molecular weight excluding hydrogens is 214 g/mol. The molecule has 0 radical (unpaired) electrons. The molecule has 0 saturated heterocycles. The molecule has 0 amide bonds. The Bertz CT molecular complexity index is 356. The van der Waals surface area contributed by atoms with Crippen molar-refractivity contribution in [3.63, 3.8) is 0 Å². The van der Waals surface area contributed by atoms with E-state index in [1.165, 1.54) is 25.7 Å². The molecule has 2 unspecified atom stereocenters. The zero-order valence-electron chi connectivity index (χ0n) is 10.4. The highest BCUT2D eigenvalue weighted by Gasteiger charge is 2.24. The van der Waals surface area contributed by atoms with Crippen LogP contribution in [0.4, 0.5) is 0 Å². The molecule has 1 heterocycles. The minimum absolute atomic E-state index is 0.580. The van der Waals surface area contributed by atoms with E-state index in [4.69, 9.17) is 10.5 Å². The van der Waals surface area contributed by atoms with Crippen molar-refractivity contribution in [2.24, 2.45) is 17.6 Å². The van der Waals surface area contributed by atoms with Crippen LogP contribution in [0.1, 0.15) is 31.2 Å². The number of aromatic nitrogens is 2. The number of aryl methyl sites for hydroxylation is 1. The van der Waals surface area contributed by atoms with Gasteiger partial charge in [0, 0.05) is 6.07 Å². The highest BCUT2D eigenvalue weighted by atomic mass is 16.5. The zero-order valence-corrected chi connectivity index (χ0v) is 10.4. The lowest BCUT2D eigenvalue weighted by Gasteiger charge is -2.30. The molecule has 1 aliphatic rings. The second kappa shape index (κ2) is 5.96. The van der Waals surface area contributed by atoms with Crippen molar-refractivity contribution in [2.45, 2.75) is 32.6 Å². The van der Waals surface area contributed by atoms with Gasteiger partial charge in [-0.05, 0) is 43.7 Å². The predicted octanol–water partition coefficient (Wildman–Crippen LogP) is 1.93. The minimum atomic E-state index is 0.580. The maximum Gasteiger partial charge on any atom is 0.233 e. The molecule has 94 valence electrons. The standard InChI is InChI=1S/C13H21N3O/c1-10-6-13(16-15-8-10)17-9-12-5-3-2-4-11(12)7-14/h6,8,11-12H,2-5,7,9,14H2,1H3. The summed E-state index contributed by atoms with van der Waals surface area (Å²) in [5.74, 6) is 1.82. The number of hydrogen-bond acceptors (Lipinski definition) is 4. The first kappa shape index (κ1) is 12.3. The molecule has 0 bridgehead atoms. The molecular formula is C13H21N3O. The highest BCUT2D eigenvalue weighted by molar-refractivity contribution is 5.14. The van der Waals surface area contributed by atoms with Crippen molar-refractivity contribution in [2.75, 3.05) is 13.2 Å². The third kappa shape index (κ3) is 3.40. The summed E-state index contributed by atoms with van der Waals surface area (Å²) in [5.41, 5.74) is 6.88. The van der Waals surface area contributed by atoms with Crippen LogP contribution in [0.15, 0.2) is 12.3 Å². The summed E-state index contributed by atoms with van der Waals surface area (Å²) in [6.45, 7) is 3.48. The fourth-order valence-corrected chi connectivity index (χ4v) is 2.51. The maximum atomic E-state index is 5.80. The van der Waals surface area contributed by atoms with Gasteiger partial charge in [-0.25, -0.2) is 0 Å². The molecule has 0 aromatic carbocycles. The SMILES string of the molecule is Cc1cnnc(OCC2CCCCC2CN)c1. The number of ether oxygens (including phenoxy) is 1. The molecule has 4 heteroatoms. The fourth-order valence-electron chi connectivity index (χ4n) is 2.51. The molecule has 2 atom stereocenters. The smallest absolute Gasteiger partial charge is 0.233 e. The normalized spacial score (nSPS) is 24.6. The molecule has 4 nitrogen and oxygen atoms in total. The van der Waals surface area contributed by atoms with Crippen molar-refractivity contribution >= 4 is 0 Å². The van der Waals surface area contributed by atoms with Crippen LogP contribution in [-0.4, -0.2) is 23.3 Å². The predicted molar refractivity (Wildman–Crippen MR) is 66.8 cm³/mol. The molecule has 0 aliphatic heterocycles.